The Kier molecular flexibility index (Phi) is 9.85. The molecule has 1 fully saturated rings. The Labute approximate surface area is 252 Å². The van der Waals surface area contributed by atoms with Crippen LogP contribution in [-0.2, 0) is 39.0 Å². The molecule has 16 heteroatoms. The Hall–Kier alpha value is -3.05. The quantitative estimate of drug-likeness (QED) is 0.257. The summed E-state index contributed by atoms with van der Waals surface area (Å²) >= 11 is 7.27. The molecule has 4 heterocycles. The zero-order valence-corrected chi connectivity index (χ0v) is 24.3. The van der Waals surface area contributed by atoms with E-state index in [0.29, 0.717) is 47.3 Å². The number of likely N-dealkylation sites (tertiary alicyclic amines) is 1. The van der Waals surface area contributed by atoms with Gasteiger partial charge in [0, 0.05) is 47.4 Å². The number of carboxylic acid groups (broad SMARTS) is 2. The van der Waals surface area contributed by atoms with Crippen LogP contribution < -0.4 is 0 Å². The first-order valence-electron chi connectivity index (χ1n) is 13.0. The first-order chi connectivity index (χ1) is 20.2. The van der Waals surface area contributed by atoms with Gasteiger partial charge in [-0.05, 0) is 31.9 Å². The Morgan fingerprint density at radius 2 is 1.77 bits per heavy atom. The maximum atomic E-state index is 14.4. The molecule has 0 bridgehead atoms. The molecule has 43 heavy (non-hydrogen) atoms. The Morgan fingerprint density at radius 1 is 1.14 bits per heavy atom. The van der Waals surface area contributed by atoms with E-state index in [1.807, 2.05) is 6.92 Å². The average molecular weight is 648 g/mol. The number of aliphatic hydroxyl groups is 3. The number of thiophene rings is 1. The topological polar surface area (TPSA) is 166 Å². The minimum Gasteiger partial charge on any atom is -0.479 e. The number of aromatic nitrogens is 2. The number of alkyl halides is 2. The van der Waals surface area contributed by atoms with Gasteiger partial charge in [-0.1, -0.05) is 23.7 Å². The number of aryl methyl sites for hydroxylation is 1. The predicted molar refractivity (Wildman–Crippen MR) is 147 cm³/mol. The summed E-state index contributed by atoms with van der Waals surface area (Å²) in [4.78, 5) is 22.3. The van der Waals surface area contributed by atoms with Crippen LogP contribution in [0.5, 0.6) is 0 Å². The number of hydrogen-bond donors (Lipinski definition) is 5. The first-order valence-corrected chi connectivity index (χ1v) is 14.2. The van der Waals surface area contributed by atoms with E-state index in [2.05, 4.69) is 10.00 Å². The van der Waals surface area contributed by atoms with Gasteiger partial charge in [0.2, 0.25) is 0 Å². The van der Waals surface area contributed by atoms with Crippen LogP contribution in [0.25, 0.3) is 5.69 Å². The second kappa shape index (κ2) is 12.9. The summed E-state index contributed by atoms with van der Waals surface area (Å²) < 4.78 is 50.7. The average Bonchev–Trinajstić information content (AvgIpc) is 3.54. The molecular weight excluding hydrogens is 619 g/mol. The van der Waals surface area contributed by atoms with Gasteiger partial charge >= 0.3 is 11.9 Å². The molecule has 5 N–H and O–H groups in total. The molecule has 1 spiro atoms. The molecule has 2 aliphatic rings. The number of ether oxygens (including phenoxy) is 1. The number of carbonyl (C=O) groups is 2. The van der Waals surface area contributed by atoms with Gasteiger partial charge in [0.1, 0.15) is 23.7 Å². The van der Waals surface area contributed by atoms with E-state index in [9.17, 15) is 27.9 Å². The highest BCUT2D eigenvalue weighted by atomic mass is 35.5. The summed E-state index contributed by atoms with van der Waals surface area (Å²) in [7, 11) is 0. The third-order valence-electron chi connectivity index (χ3n) is 7.37. The SMILES string of the molecule is Cc1nn(-c2c(F)cccc2CO)cc1CN1CCC2(CC1)OCC(F)(F)c1cc(Cl)sc12.O=C(O)[C@H](O)[C@@H](O)C(=O)O. The molecule has 0 aliphatic carbocycles. The molecule has 0 amide bonds. The maximum absolute atomic E-state index is 14.4. The highest BCUT2D eigenvalue weighted by Gasteiger charge is 2.51. The number of aliphatic hydroxyl groups excluding tert-OH is 3. The molecule has 5 rings (SSSR count). The van der Waals surface area contributed by atoms with E-state index in [0.717, 1.165) is 11.3 Å². The zero-order chi connectivity index (χ0) is 31.7. The third-order valence-corrected chi connectivity index (χ3v) is 8.82. The predicted octanol–water partition coefficient (Wildman–Crippen LogP) is 3.02. The van der Waals surface area contributed by atoms with Crippen molar-refractivity contribution in [1.82, 2.24) is 14.7 Å². The van der Waals surface area contributed by atoms with E-state index in [4.69, 9.17) is 36.8 Å². The van der Waals surface area contributed by atoms with E-state index in [1.165, 1.54) is 28.2 Å². The maximum Gasteiger partial charge on any atom is 0.335 e. The van der Waals surface area contributed by atoms with Crippen LogP contribution in [0.15, 0.2) is 30.5 Å². The number of rotatable bonds is 7. The van der Waals surface area contributed by atoms with Crippen LogP contribution in [0, 0.1) is 12.7 Å². The number of nitrogens with zero attached hydrogens (tertiary/aromatic N) is 3. The van der Waals surface area contributed by atoms with E-state index in [-0.39, 0.29) is 17.9 Å². The number of para-hydroxylation sites is 1. The second-order valence-electron chi connectivity index (χ2n) is 10.2. The van der Waals surface area contributed by atoms with Crippen molar-refractivity contribution < 1.29 is 53.0 Å². The van der Waals surface area contributed by atoms with Crippen LogP contribution in [-0.4, -0.2) is 84.1 Å². The van der Waals surface area contributed by atoms with Crippen molar-refractivity contribution in [3.63, 3.8) is 0 Å². The van der Waals surface area contributed by atoms with Crippen LogP contribution in [0.2, 0.25) is 4.34 Å². The summed E-state index contributed by atoms with van der Waals surface area (Å²) in [5.41, 5.74) is 1.68. The molecule has 3 aromatic rings. The Morgan fingerprint density at radius 3 is 2.35 bits per heavy atom. The van der Waals surface area contributed by atoms with Crippen molar-refractivity contribution in [2.24, 2.45) is 0 Å². The first kappa shape index (κ1) is 32.9. The van der Waals surface area contributed by atoms with Gasteiger partial charge in [-0.15, -0.1) is 11.3 Å². The standard InChI is InChI=1S/C23H23ClF3N3O2S.C4H6O6/c1-14-16(11-30(28-14)20-15(12-31)3-2-4-18(20)25)10-29-7-5-22(6-8-29)21-17(9-19(24)33-21)23(26,27)13-32-22;5-1(3(7)8)2(6)4(9)10/h2-4,9,11,31H,5-8,10,12-13H2,1H3;1-2,5-6H,(H,7,8)(H,9,10)/t;1-,2-/m.1/s1. The molecule has 11 nitrogen and oxygen atoms in total. The highest BCUT2D eigenvalue weighted by Crippen LogP contribution is 2.52. The van der Waals surface area contributed by atoms with E-state index < -0.39 is 48.1 Å². The van der Waals surface area contributed by atoms with Gasteiger partial charge in [0.25, 0.3) is 5.92 Å². The monoisotopic (exact) mass is 647 g/mol. The fraction of sp³-hybridized carbons (Fsp3) is 0.444. The molecule has 1 saturated heterocycles. The lowest BCUT2D eigenvalue weighted by atomic mass is 9.84. The largest absolute Gasteiger partial charge is 0.479 e. The molecule has 0 saturated carbocycles. The molecule has 2 aromatic heterocycles. The number of hydrogen-bond acceptors (Lipinski definition) is 9. The van der Waals surface area contributed by atoms with Gasteiger partial charge < -0.3 is 30.3 Å². The number of fused-ring (bicyclic) bond motifs is 2. The molecule has 1 aromatic carbocycles. The van der Waals surface area contributed by atoms with Crippen LogP contribution in [0.4, 0.5) is 13.2 Å². The van der Waals surface area contributed by atoms with Gasteiger partial charge in [0.15, 0.2) is 12.2 Å². The second-order valence-corrected chi connectivity index (χ2v) is 11.9. The van der Waals surface area contributed by atoms with Gasteiger partial charge in [-0.2, -0.15) is 13.9 Å². The van der Waals surface area contributed by atoms with E-state index in [1.54, 1.807) is 18.3 Å². The summed E-state index contributed by atoms with van der Waals surface area (Å²) in [6.07, 6.45) is -1.58. The lowest BCUT2D eigenvalue weighted by molar-refractivity contribution is -0.182. The summed E-state index contributed by atoms with van der Waals surface area (Å²) in [6, 6.07) is 5.94. The molecule has 0 radical (unpaired) electrons. The fourth-order valence-corrected chi connectivity index (χ4v) is 6.49. The van der Waals surface area contributed by atoms with Crippen molar-refractivity contribution in [2.75, 3.05) is 19.7 Å². The lowest BCUT2D eigenvalue weighted by Crippen LogP contribution is -2.48. The fourth-order valence-electron chi connectivity index (χ4n) is 5.01. The minimum absolute atomic E-state index is 0.00102. The van der Waals surface area contributed by atoms with Crippen molar-refractivity contribution in [3.05, 3.63) is 67.9 Å². The highest BCUT2D eigenvalue weighted by molar-refractivity contribution is 7.16. The zero-order valence-electron chi connectivity index (χ0n) is 22.7. The Bertz CT molecular complexity index is 1470. The molecule has 0 unspecified atom stereocenters. The molecular formula is C27H29ClF3N3O8S. The molecule has 2 atom stereocenters. The van der Waals surface area contributed by atoms with Crippen molar-refractivity contribution in [1.29, 1.82) is 0 Å². The number of halogens is 4. The minimum atomic E-state index is -3.02. The smallest absolute Gasteiger partial charge is 0.335 e. The summed E-state index contributed by atoms with van der Waals surface area (Å²) in [5.74, 6) is -7.01. The lowest BCUT2D eigenvalue weighted by Gasteiger charge is -2.45. The van der Waals surface area contributed by atoms with E-state index >= 15 is 0 Å². The van der Waals surface area contributed by atoms with Crippen LogP contribution in [0.3, 0.4) is 0 Å². The number of benzene rings is 1. The van der Waals surface area contributed by atoms with Crippen LogP contribution >= 0.6 is 22.9 Å². The Balaban J connectivity index is 0.000000365. The summed E-state index contributed by atoms with van der Waals surface area (Å²) in [5, 5.41) is 46.6. The van der Waals surface area contributed by atoms with Crippen LogP contribution in [0.1, 0.15) is 40.1 Å². The summed E-state index contributed by atoms with van der Waals surface area (Å²) in [6.45, 7) is 2.86. The number of piperidine rings is 1. The van der Waals surface area contributed by atoms with Gasteiger partial charge in [0.05, 0.1) is 16.6 Å². The van der Waals surface area contributed by atoms with Crippen molar-refractivity contribution in [2.45, 2.75) is 56.6 Å². The number of carboxylic acids is 2. The van der Waals surface area contributed by atoms with Gasteiger partial charge in [-0.25, -0.2) is 18.7 Å². The number of aliphatic carboxylic acids is 2. The van der Waals surface area contributed by atoms with Gasteiger partial charge in [-0.3, -0.25) is 4.90 Å². The van der Waals surface area contributed by atoms with Crippen molar-refractivity contribution >= 4 is 34.9 Å². The molecule has 234 valence electrons. The molecule has 2 aliphatic heterocycles. The third kappa shape index (κ3) is 6.87. The van der Waals surface area contributed by atoms with Crippen molar-refractivity contribution in [3.8, 4) is 5.69 Å². The normalized spacial score (nSPS) is 18.8.